The number of ether oxygens (including phenoxy) is 1. The molecular weight excluding hydrogens is 245 g/mol. The molecule has 2 saturated carbocycles. The molecule has 2 aliphatic rings. The first-order chi connectivity index (χ1) is 8.25. The fourth-order valence-corrected chi connectivity index (χ4v) is 3.97. The Morgan fingerprint density at radius 3 is 2.33 bits per heavy atom. The van der Waals surface area contributed by atoms with E-state index in [1.54, 1.807) is 6.92 Å². The minimum Gasteiger partial charge on any atom is -0.465 e. The summed E-state index contributed by atoms with van der Waals surface area (Å²) in [5, 5.41) is 0. The second-order valence-corrected chi connectivity index (χ2v) is 5.71. The second kappa shape index (κ2) is 4.14. The average Bonchev–Trinajstić information content (AvgIpc) is 2.77. The van der Waals surface area contributed by atoms with Crippen molar-refractivity contribution in [3.63, 3.8) is 0 Å². The van der Waals surface area contributed by atoms with Gasteiger partial charge in [-0.25, -0.2) is 0 Å². The number of rotatable bonds is 2. The topological polar surface area (TPSA) is 26.3 Å². The number of halogens is 3. The van der Waals surface area contributed by atoms with E-state index in [0.29, 0.717) is 6.42 Å². The third-order valence-electron chi connectivity index (χ3n) is 5.13. The van der Waals surface area contributed by atoms with Crippen molar-refractivity contribution in [3.05, 3.63) is 0 Å². The number of carbonyl (C=O) groups is 1. The smallest absolute Gasteiger partial charge is 0.405 e. The van der Waals surface area contributed by atoms with E-state index in [2.05, 4.69) is 0 Å². The summed E-state index contributed by atoms with van der Waals surface area (Å²) in [5.74, 6) is -1.49. The Balaban J connectivity index is 2.38. The van der Waals surface area contributed by atoms with E-state index >= 15 is 0 Å². The molecule has 5 unspecified atom stereocenters. The molecule has 2 nitrogen and oxygen atoms in total. The zero-order valence-electron chi connectivity index (χ0n) is 10.9. The quantitative estimate of drug-likeness (QED) is 0.714. The maximum Gasteiger partial charge on any atom is 0.405 e. The first kappa shape index (κ1) is 13.7. The number of hydrogen-bond donors (Lipinski definition) is 0. The van der Waals surface area contributed by atoms with Crippen molar-refractivity contribution in [2.24, 2.45) is 29.1 Å². The standard InChI is InChI=1S/C13H19F3O2/c1-4-18-11(17)12(13(14,15)16)6-9-5-10(12)8(3)7(9)2/h7-10H,4-6H2,1-3H3. The Kier molecular flexibility index (Phi) is 3.14. The van der Waals surface area contributed by atoms with Crippen LogP contribution in [0.5, 0.6) is 0 Å². The van der Waals surface area contributed by atoms with Crippen LogP contribution < -0.4 is 0 Å². The van der Waals surface area contributed by atoms with Gasteiger partial charge in [0, 0.05) is 0 Å². The van der Waals surface area contributed by atoms with Crippen molar-refractivity contribution in [1.82, 2.24) is 0 Å². The van der Waals surface area contributed by atoms with Crippen molar-refractivity contribution in [3.8, 4) is 0 Å². The molecule has 0 aliphatic heterocycles. The molecule has 0 spiro atoms. The summed E-state index contributed by atoms with van der Waals surface area (Å²) in [6.07, 6.45) is -4.10. The lowest BCUT2D eigenvalue weighted by Crippen LogP contribution is -2.52. The van der Waals surface area contributed by atoms with Crippen molar-refractivity contribution >= 4 is 5.97 Å². The van der Waals surface area contributed by atoms with E-state index in [4.69, 9.17) is 4.74 Å². The van der Waals surface area contributed by atoms with Crippen LogP contribution in [-0.4, -0.2) is 18.8 Å². The minimum atomic E-state index is -4.51. The minimum absolute atomic E-state index is 0.00200. The highest BCUT2D eigenvalue weighted by Crippen LogP contribution is 2.66. The first-order valence-corrected chi connectivity index (χ1v) is 6.49. The SMILES string of the molecule is CCOC(=O)C1(C(F)(F)F)CC2CC1C(C)C2C. The van der Waals surface area contributed by atoms with Crippen LogP contribution in [-0.2, 0) is 9.53 Å². The molecule has 5 heteroatoms. The van der Waals surface area contributed by atoms with Gasteiger partial charge < -0.3 is 4.74 Å². The molecule has 2 aliphatic carbocycles. The molecule has 104 valence electrons. The van der Waals surface area contributed by atoms with E-state index in [1.165, 1.54) is 0 Å². The number of esters is 1. The number of carbonyl (C=O) groups excluding carboxylic acids is 1. The molecule has 0 heterocycles. The summed E-state index contributed by atoms with van der Waals surface area (Å²) in [5.41, 5.74) is -2.25. The van der Waals surface area contributed by atoms with Gasteiger partial charge in [-0.05, 0) is 43.4 Å². The molecule has 18 heavy (non-hydrogen) atoms. The maximum atomic E-state index is 13.4. The molecule has 0 aromatic rings. The van der Waals surface area contributed by atoms with Crippen LogP contribution in [0.25, 0.3) is 0 Å². The molecule has 0 amide bonds. The monoisotopic (exact) mass is 264 g/mol. The van der Waals surface area contributed by atoms with E-state index < -0.39 is 23.5 Å². The zero-order chi connectivity index (χ0) is 13.7. The largest absolute Gasteiger partial charge is 0.465 e. The predicted octanol–water partition coefficient (Wildman–Crippen LogP) is 3.41. The summed E-state index contributed by atoms with van der Waals surface area (Å²) < 4.78 is 45.1. The van der Waals surface area contributed by atoms with Crippen LogP contribution in [0.3, 0.4) is 0 Å². The van der Waals surface area contributed by atoms with Crippen molar-refractivity contribution in [1.29, 1.82) is 0 Å². The van der Waals surface area contributed by atoms with Crippen molar-refractivity contribution in [2.45, 2.75) is 39.8 Å². The molecule has 2 bridgehead atoms. The van der Waals surface area contributed by atoms with Gasteiger partial charge in [-0.15, -0.1) is 0 Å². The van der Waals surface area contributed by atoms with E-state index in [9.17, 15) is 18.0 Å². The number of alkyl halides is 3. The predicted molar refractivity (Wildman–Crippen MR) is 59.7 cm³/mol. The van der Waals surface area contributed by atoms with Gasteiger partial charge in [0.15, 0.2) is 5.41 Å². The van der Waals surface area contributed by atoms with Gasteiger partial charge in [-0.2, -0.15) is 13.2 Å². The lowest BCUT2D eigenvalue weighted by atomic mass is 9.65. The maximum absolute atomic E-state index is 13.4. The van der Waals surface area contributed by atoms with E-state index in [-0.39, 0.29) is 30.8 Å². The molecule has 0 aromatic heterocycles. The van der Waals surface area contributed by atoms with E-state index in [1.807, 2.05) is 13.8 Å². The van der Waals surface area contributed by atoms with Gasteiger partial charge in [-0.3, -0.25) is 4.79 Å². The average molecular weight is 264 g/mol. The molecule has 0 aromatic carbocycles. The highest BCUT2D eigenvalue weighted by molar-refractivity contribution is 5.79. The first-order valence-electron chi connectivity index (χ1n) is 6.49. The molecular formula is C13H19F3O2. The van der Waals surface area contributed by atoms with Crippen LogP contribution in [0, 0.1) is 29.1 Å². The third kappa shape index (κ3) is 1.58. The van der Waals surface area contributed by atoms with Gasteiger partial charge in [0.2, 0.25) is 0 Å². The van der Waals surface area contributed by atoms with Gasteiger partial charge in [0.1, 0.15) is 0 Å². The number of hydrogen-bond acceptors (Lipinski definition) is 2. The highest BCUT2D eigenvalue weighted by Gasteiger charge is 2.73. The van der Waals surface area contributed by atoms with Crippen LogP contribution in [0.4, 0.5) is 13.2 Å². The van der Waals surface area contributed by atoms with Gasteiger partial charge in [-0.1, -0.05) is 13.8 Å². The summed E-state index contributed by atoms with van der Waals surface area (Å²) in [6.45, 7) is 5.36. The summed E-state index contributed by atoms with van der Waals surface area (Å²) in [7, 11) is 0. The molecule has 0 radical (unpaired) electrons. The van der Waals surface area contributed by atoms with Crippen LogP contribution >= 0.6 is 0 Å². The molecule has 0 N–H and O–H groups in total. The van der Waals surface area contributed by atoms with Crippen LogP contribution in [0.15, 0.2) is 0 Å². The molecule has 2 rings (SSSR count). The Labute approximate surface area is 105 Å². The van der Waals surface area contributed by atoms with Crippen molar-refractivity contribution in [2.75, 3.05) is 6.61 Å². The van der Waals surface area contributed by atoms with E-state index in [0.717, 1.165) is 0 Å². The molecule has 5 atom stereocenters. The lowest BCUT2D eigenvalue weighted by Gasteiger charge is -2.41. The fraction of sp³-hybridized carbons (Fsp3) is 0.923. The zero-order valence-corrected chi connectivity index (χ0v) is 10.9. The number of fused-ring (bicyclic) bond motifs is 2. The molecule has 0 saturated heterocycles. The summed E-state index contributed by atoms with van der Waals surface area (Å²) in [4.78, 5) is 11.9. The second-order valence-electron chi connectivity index (χ2n) is 5.71. The van der Waals surface area contributed by atoms with Crippen molar-refractivity contribution < 1.29 is 22.7 Å². The highest BCUT2D eigenvalue weighted by atomic mass is 19.4. The lowest BCUT2D eigenvalue weighted by molar-refractivity contribution is -0.253. The molecule has 2 fully saturated rings. The Morgan fingerprint density at radius 2 is 1.94 bits per heavy atom. The van der Waals surface area contributed by atoms with Gasteiger partial charge >= 0.3 is 12.1 Å². The fourth-order valence-electron chi connectivity index (χ4n) is 3.97. The van der Waals surface area contributed by atoms with Crippen LogP contribution in [0.2, 0.25) is 0 Å². The third-order valence-corrected chi connectivity index (χ3v) is 5.13. The Hall–Kier alpha value is -0.740. The van der Waals surface area contributed by atoms with Gasteiger partial charge in [0.05, 0.1) is 6.61 Å². The van der Waals surface area contributed by atoms with Crippen LogP contribution in [0.1, 0.15) is 33.6 Å². The Morgan fingerprint density at radius 1 is 1.33 bits per heavy atom. The summed E-state index contributed by atoms with van der Waals surface area (Å²) >= 11 is 0. The Bertz CT molecular complexity index is 351. The summed E-state index contributed by atoms with van der Waals surface area (Å²) in [6, 6.07) is 0. The normalized spacial score (nSPS) is 43.2. The van der Waals surface area contributed by atoms with Gasteiger partial charge in [0.25, 0.3) is 0 Å².